The summed E-state index contributed by atoms with van der Waals surface area (Å²) in [5.74, 6) is 0.371. The van der Waals surface area contributed by atoms with Gasteiger partial charge in [-0.2, -0.15) is 0 Å². The molecule has 0 heterocycles. The molecule has 0 radical (unpaired) electrons. The smallest absolute Gasteiger partial charge is 0.306 e. The van der Waals surface area contributed by atoms with Crippen LogP contribution in [0.4, 0.5) is 0 Å². The minimum absolute atomic E-state index is 0.164. The summed E-state index contributed by atoms with van der Waals surface area (Å²) in [6.07, 6.45) is 0.407. The molecule has 2 nitrogen and oxygen atoms in total. The van der Waals surface area contributed by atoms with Crippen molar-refractivity contribution in [2.75, 3.05) is 7.11 Å². The summed E-state index contributed by atoms with van der Waals surface area (Å²) in [6, 6.07) is 8.49. The predicted molar refractivity (Wildman–Crippen MR) is 70.2 cm³/mol. The highest BCUT2D eigenvalue weighted by Gasteiger charge is 2.24. The number of hydrogen-bond acceptors (Lipinski definition) is 2. The van der Waals surface area contributed by atoms with Gasteiger partial charge in [0.1, 0.15) is 0 Å². The molecule has 0 N–H and O–H groups in total. The van der Waals surface area contributed by atoms with E-state index in [1.807, 2.05) is 0 Å². The zero-order valence-electron chi connectivity index (χ0n) is 11.4. The van der Waals surface area contributed by atoms with Crippen LogP contribution in [0.1, 0.15) is 51.2 Å². The van der Waals surface area contributed by atoms with E-state index < -0.39 is 0 Å². The molecule has 0 aromatic heterocycles. The van der Waals surface area contributed by atoms with Gasteiger partial charge < -0.3 is 4.74 Å². The largest absolute Gasteiger partial charge is 0.469 e. The first-order valence-corrected chi connectivity index (χ1v) is 6.04. The molecule has 1 aromatic rings. The van der Waals surface area contributed by atoms with E-state index in [-0.39, 0.29) is 11.4 Å². The first kappa shape index (κ1) is 13.8. The van der Waals surface area contributed by atoms with Gasteiger partial charge >= 0.3 is 5.97 Å². The summed E-state index contributed by atoms with van der Waals surface area (Å²) in [5, 5.41) is 0. The first-order chi connectivity index (χ1) is 7.86. The van der Waals surface area contributed by atoms with Gasteiger partial charge in [0.15, 0.2) is 0 Å². The van der Waals surface area contributed by atoms with Gasteiger partial charge in [0.05, 0.1) is 13.5 Å². The lowest BCUT2D eigenvalue weighted by Crippen LogP contribution is -2.22. The summed E-state index contributed by atoms with van der Waals surface area (Å²) in [6.45, 7) is 8.48. The van der Waals surface area contributed by atoms with Crippen LogP contribution in [0.25, 0.3) is 0 Å². The highest BCUT2D eigenvalue weighted by Crippen LogP contribution is 2.28. The molecule has 0 aliphatic heterocycles. The van der Waals surface area contributed by atoms with Crippen LogP contribution in [0.15, 0.2) is 24.3 Å². The Labute approximate surface area is 104 Å². The molecular formula is C15H22O2. The molecular weight excluding hydrogens is 212 g/mol. The monoisotopic (exact) mass is 234 g/mol. The highest BCUT2D eigenvalue weighted by molar-refractivity contribution is 5.71. The molecule has 1 rings (SSSR count). The number of ether oxygens (including phenoxy) is 1. The van der Waals surface area contributed by atoms with Crippen molar-refractivity contribution in [3.05, 3.63) is 35.4 Å². The Morgan fingerprint density at radius 2 is 1.76 bits per heavy atom. The van der Waals surface area contributed by atoms with Crippen molar-refractivity contribution in [1.29, 1.82) is 0 Å². The first-order valence-electron chi connectivity index (χ1n) is 6.04. The Balaban J connectivity index is 2.87. The Morgan fingerprint density at radius 1 is 1.24 bits per heavy atom. The Kier molecular flexibility index (Phi) is 4.33. The topological polar surface area (TPSA) is 26.3 Å². The SMILES string of the molecule is COC(=O)CC(C)(C)c1ccc(C(C)C)cc1. The lowest BCUT2D eigenvalue weighted by atomic mass is 9.81. The Bertz CT molecular complexity index is 374. The van der Waals surface area contributed by atoms with Gasteiger partial charge in [-0.15, -0.1) is 0 Å². The third-order valence-electron chi connectivity index (χ3n) is 3.17. The molecule has 0 bridgehead atoms. The van der Waals surface area contributed by atoms with Gasteiger partial charge in [0.2, 0.25) is 0 Å². The van der Waals surface area contributed by atoms with E-state index in [0.717, 1.165) is 0 Å². The number of esters is 1. The normalized spacial score (nSPS) is 11.6. The van der Waals surface area contributed by atoms with Crippen molar-refractivity contribution in [2.24, 2.45) is 0 Å². The number of benzene rings is 1. The van der Waals surface area contributed by atoms with Crippen molar-refractivity contribution in [1.82, 2.24) is 0 Å². The minimum atomic E-state index is -0.178. The lowest BCUT2D eigenvalue weighted by molar-refractivity contribution is -0.141. The number of hydrogen-bond donors (Lipinski definition) is 0. The molecule has 0 aliphatic rings. The molecule has 0 unspecified atom stereocenters. The third-order valence-corrected chi connectivity index (χ3v) is 3.17. The molecule has 17 heavy (non-hydrogen) atoms. The van der Waals surface area contributed by atoms with Crippen molar-refractivity contribution in [2.45, 2.75) is 45.4 Å². The lowest BCUT2D eigenvalue weighted by Gasteiger charge is -2.24. The maximum Gasteiger partial charge on any atom is 0.306 e. The van der Waals surface area contributed by atoms with E-state index in [2.05, 4.69) is 52.0 Å². The quantitative estimate of drug-likeness (QED) is 0.743. The van der Waals surface area contributed by atoms with Crippen molar-refractivity contribution >= 4 is 5.97 Å². The van der Waals surface area contributed by atoms with Crippen LogP contribution in [0.5, 0.6) is 0 Å². The molecule has 0 saturated carbocycles. The van der Waals surface area contributed by atoms with Crippen LogP contribution >= 0.6 is 0 Å². The molecule has 0 spiro atoms. The highest BCUT2D eigenvalue weighted by atomic mass is 16.5. The molecule has 0 atom stereocenters. The number of methoxy groups -OCH3 is 1. The predicted octanol–water partition coefficient (Wildman–Crippen LogP) is 3.65. The molecule has 1 aromatic carbocycles. The van der Waals surface area contributed by atoms with Crippen molar-refractivity contribution in [3.8, 4) is 0 Å². The molecule has 2 heteroatoms. The maximum atomic E-state index is 11.4. The van der Waals surface area contributed by atoms with Crippen molar-refractivity contribution in [3.63, 3.8) is 0 Å². The van der Waals surface area contributed by atoms with Gasteiger partial charge in [-0.25, -0.2) is 0 Å². The number of rotatable bonds is 4. The van der Waals surface area contributed by atoms with Gasteiger partial charge in [-0.3, -0.25) is 4.79 Å². The van der Waals surface area contributed by atoms with Crippen LogP contribution in [-0.2, 0) is 14.9 Å². The molecule has 94 valence electrons. The fourth-order valence-corrected chi connectivity index (χ4v) is 1.85. The average Bonchev–Trinajstić information content (AvgIpc) is 2.28. The van der Waals surface area contributed by atoms with E-state index in [0.29, 0.717) is 12.3 Å². The summed E-state index contributed by atoms with van der Waals surface area (Å²) in [7, 11) is 1.43. The fraction of sp³-hybridized carbons (Fsp3) is 0.533. The van der Waals surface area contributed by atoms with E-state index in [1.54, 1.807) is 0 Å². The summed E-state index contributed by atoms with van der Waals surface area (Å²) < 4.78 is 4.73. The van der Waals surface area contributed by atoms with Crippen LogP contribution in [-0.4, -0.2) is 13.1 Å². The zero-order valence-corrected chi connectivity index (χ0v) is 11.4. The molecule has 0 aliphatic carbocycles. The van der Waals surface area contributed by atoms with Crippen LogP contribution in [0.2, 0.25) is 0 Å². The van der Waals surface area contributed by atoms with Gasteiger partial charge in [-0.1, -0.05) is 52.0 Å². The third kappa shape index (κ3) is 3.58. The minimum Gasteiger partial charge on any atom is -0.469 e. The van der Waals surface area contributed by atoms with Gasteiger partial charge in [-0.05, 0) is 17.0 Å². The average molecular weight is 234 g/mol. The molecule has 0 amide bonds. The second kappa shape index (κ2) is 5.35. The summed E-state index contributed by atoms with van der Waals surface area (Å²) in [4.78, 5) is 11.4. The summed E-state index contributed by atoms with van der Waals surface area (Å²) in [5.41, 5.74) is 2.32. The summed E-state index contributed by atoms with van der Waals surface area (Å²) >= 11 is 0. The van der Waals surface area contributed by atoms with Gasteiger partial charge in [0.25, 0.3) is 0 Å². The number of carbonyl (C=O) groups excluding carboxylic acids is 1. The van der Waals surface area contributed by atoms with E-state index in [9.17, 15) is 4.79 Å². The molecule has 0 saturated heterocycles. The van der Waals surface area contributed by atoms with Crippen LogP contribution in [0.3, 0.4) is 0 Å². The maximum absolute atomic E-state index is 11.4. The van der Waals surface area contributed by atoms with Crippen LogP contribution in [0, 0.1) is 0 Å². The second-order valence-electron chi connectivity index (χ2n) is 5.41. The number of carbonyl (C=O) groups is 1. The molecule has 0 fully saturated rings. The Hall–Kier alpha value is -1.31. The Morgan fingerprint density at radius 3 is 2.18 bits per heavy atom. The van der Waals surface area contributed by atoms with Gasteiger partial charge in [0, 0.05) is 5.41 Å². The van der Waals surface area contributed by atoms with Crippen LogP contribution < -0.4 is 0 Å². The zero-order chi connectivity index (χ0) is 13.1. The van der Waals surface area contributed by atoms with E-state index in [1.165, 1.54) is 18.2 Å². The fourth-order valence-electron chi connectivity index (χ4n) is 1.85. The van der Waals surface area contributed by atoms with E-state index in [4.69, 9.17) is 4.74 Å². The second-order valence-corrected chi connectivity index (χ2v) is 5.41. The van der Waals surface area contributed by atoms with E-state index >= 15 is 0 Å². The standard InChI is InChI=1S/C15H22O2/c1-11(2)12-6-8-13(9-7-12)15(3,4)10-14(16)17-5/h6-9,11H,10H2,1-5H3. The van der Waals surface area contributed by atoms with Crippen molar-refractivity contribution < 1.29 is 9.53 Å².